The summed E-state index contributed by atoms with van der Waals surface area (Å²) in [7, 11) is 0. The van der Waals surface area contributed by atoms with E-state index in [9.17, 15) is 9.59 Å². The SMILES string of the molecule is CC(=O)N(CCC(=O)NCC(C)C)c1c(C)cccc1C(C)C. The molecule has 0 radical (unpaired) electrons. The lowest BCUT2D eigenvalue weighted by atomic mass is 9.97. The Balaban J connectivity index is 2.92. The lowest BCUT2D eigenvalue weighted by Gasteiger charge is -2.27. The van der Waals surface area contributed by atoms with Gasteiger partial charge in [0.25, 0.3) is 0 Å². The molecule has 0 fully saturated rings. The zero-order valence-electron chi connectivity index (χ0n) is 15.3. The lowest BCUT2D eigenvalue weighted by Crippen LogP contribution is -2.35. The average Bonchev–Trinajstić information content (AvgIpc) is 2.46. The lowest BCUT2D eigenvalue weighted by molar-refractivity contribution is -0.121. The van der Waals surface area contributed by atoms with Crippen molar-refractivity contribution < 1.29 is 9.59 Å². The maximum absolute atomic E-state index is 12.1. The molecule has 0 saturated heterocycles. The predicted octanol–water partition coefficient (Wildman–Crippen LogP) is 3.63. The summed E-state index contributed by atoms with van der Waals surface area (Å²) in [6, 6.07) is 6.08. The number of carbonyl (C=O) groups is 2. The Morgan fingerprint density at radius 3 is 2.35 bits per heavy atom. The fourth-order valence-corrected chi connectivity index (χ4v) is 2.56. The summed E-state index contributed by atoms with van der Waals surface area (Å²) in [6.07, 6.45) is 0.318. The van der Waals surface area contributed by atoms with Crippen molar-refractivity contribution >= 4 is 17.5 Å². The minimum Gasteiger partial charge on any atom is -0.356 e. The maximum Gasteiger partial charge on any atom is 0.223 e. The molecular formula is C19H30N2O2. The van der Waals surface area contributed by atoms with Crippen LogP contribution in [0.25, 0.3) is 0 Å². The Labute approximate surface area is 140 Å². The molecule has 1 rings (SSSR count). The molecule has 4 heteroatoms. The van der Waals surface area contributed by atoms with Crippen molar-refractivity contribution in [2.45, 2.75) is 53.9 Å². The molecule has 128 valence electrons. The second-order valence-electron chi connectivity index (χ2n) is 6.79. The van der Waals surface area contributed by atoms with E-state index in [4.69, 9.17) is 0 Å². The van der Waals surface area contributed by atoms with Crippen molar-refractivity contribution in [3.63, 3.8) is 0 Å². The van der Waals surface area contributed by atoms with E-state index in [1.54, 1.807) is 11.8 Å². The topological polar surface area (TPSA) is 49.4 Å². The monoisotopic (exact) mass is 318 g/mol. The van der Waals surface area contributed by atoms with Gasteiger partial charge < -0.3 is 10.2 Å². The van der Waals surface area contributed by atoms with Crippen LogP contribution in [-0.4, -0.2) is 24.9 Å². The van der Waals surface area contributed by atoms with Crippen LogP contribution in [0, 0.1) is 12.8 Å². The molecule has 2 amide bonds. The van der Waals surface area contributed by atoms with Crippen LogP contribution in [0.5, 0.6) is 0 Å². The molecule has 0 heterocycles. The number of anilines is 1. The van der Waals surface area contributed by atoms with Crippen molar-refractivity contribution in [3.05, 3.63) is 29.3 Å². The number of nitrogens with zero attached hydrogens (tertiary/aromatic N) is 1. The molecule has 23 heavy (non-hydrogen) atoms. The number of nitrogens with one attached hydrogen (secondary N) is 1. The van der Waals surface area contributed by atoms with Gasteiger partial charge in [-0.3, -0.25) is 9.59 Å². The minimum atomic E-state index is -0.0298. The van der Waals surface area contributed by atoms with Crippen molar-refractivity contribution in [2.24, 2.45) is 5.92 Å². The first-order valence-electron chi connectivity index (χ1n) is 8.38. The van der Waals surface area contributed by atoms with Crippen molar-refractivity contribution in [2.75, 3.05) is 18.0 Å². The summed E-state index contributed by atoms with van der Waals surface area (Å²) in [6.45, 7) is 13.0. The zero-order chi connectivity index (χ0) is 17.6. The molecule has 0 aliphatic rings. The van der Waals surface area contributed by atoms with E-state index < -0.39 is 0 Å². The Kier molecular flexibility index (Phi) is 7.27. The quantitative estimate of drug-likeness (QED) is 0.834. The third-order valence-corrected chi connectivity index (χ3v) is 3.81. The number of para-hydroxylation sites is 1. The number of amides is 2. The summed E-state index contributed by atoms with van der Waals surface area (Å²) in [5, 5.41) is 2.90. The summed E-state index contributed by atoms with van der Waals surface area (Å²) in [5.74, 6) is 0.704. The largest absolute Gasteiger partial charge is 0.356 e. The van der Waals surface area contributed by atoms with E-state index in [1.807, 2.05) is 19.1 Å². The molecule has 4 nitrogen and oxygen atoms in total. The van der Waals surface area contributed by atoms with Crippen LogP contribution in [0.4, 0.5) is 5.69 Å². The molecule has 1 aromatic carbocycles. The van der Waals surface area contributed by atoms with Gasteiger partial charge in [-0.2, -0.15) is 0 Å². The highest BCUT2D eigenvalue weighted by Crippen LogP contribution is 2.31. The van der Waals surface area contributed by atoms with Gasteiger partial charge in [-0.1, -0.05) is 45.9 Å². The third-order valence-electron chi connectivity index (χ3n) is 3.81. The Morgan fingerprint density at radius 2 is 1.83 bits per heavy atom. The molecular weight excluding hydrogens is 288 g/mol. The zero-order valence-corrected chi connectivity index (χ0v) is 15.3. The first kappa shape index (κ1) is 19.2. The van der Waals surface area contributed by atoms with Crippen LogP contribution in [0.3, 0.4) is 0 Å². The third kappa shape index (κ3) is 5.70. The van der Waals surface area contributed by atoms with Crippen LogP contribution >= 0.6 is 0 Å². The van der Waals surface area contributed by atoms with Gasteiger partial charge in [-0.05, 0) is 29.9 Å². The number of hydrogen-bond acceptors (Lipinski definition) is 2. The first-order valence-corrected chi connectivity index (χ1v) is 8.38. The number of carbonyl (C=O) groups excluding carboxylic acids is 2. The molecule has 0 spiro atoms. The van der Waals surface area contributed by atoms with E-state index in [0.717, 1.165) is 16.8 Å². The first-order chi connectivity index (χ1) is 10.7. The number of aryl methyl sites for hydroxylation is 1. The fourth-order valence-electron chi connectivity index (χ4n) is 2.56. The van der Waals surface area contributed by atoms with Crippen LogP contribution in [-0.2, 0) is 9.59 Å². The molecule has 0 saturated carbocycles. The highest BCUT2D eigenvalue weighted by atomic mass is 16.2. The van der Waals surface area contributed by atoms with Gasteiger partial charge >= 0.3 is 0 Å². The van der Waals surface area contributed by atoms with Gasteiger partial charge in [0.05, 0.1) is 0 Å². The van der Waals surface area contributed by atoms with Gasteiger partial charge in [0.1, 0.15) is 0 Å². The van der Waals surface area contributed by atoms with E-state index in [2.05, 4.69) is 39.1 Å². The van der Waals surface area contributed by atoms with E-state index >= 15 is 0 Å². The molecule has 1 aromatic rings. The standard InChI is InChI=1S/C19H30N2O2/c1-13(2)12-20-18(23)10-11-21(16(6)22)19-15(5)8-7-9-17(19)14(3)4/h7-9,13-14H,10-12H2,1-6H3,(H,20,23). The summed E-state index contributed by atoms with van der Waals surface area (Å²) < 4.78 is 0. The van der Waals surface area contributed by atoms with Gasteiger partial charge in [0.2, 0.25) is 11.8 Å². The van der Waals surface area contributed by atoms with Crippen LogP contribution in [0.2, 0.25) is 0 Å². The van der Waals surface area contributed by atoms with Crippen LogP contribution in [0.15, 0.2) is 18.2 Å². The smallest absolute Gasteiger partial charge is 0.223 e. The van der Waals surface area contributed by atoms with Gasteiger partial charge in [0.15, 0.2) is 0 Å². The number of benzene rings is 1. The number of hydrogen-bond donors (Lipinski definition) is 1. The maximum atomic E-state index is 12.1. The van der Waals surface area contributed by atoms with Crippen molar-refractivity contribution in [3.8, 4) is 0 Å². The van der Waals surface area contributed by atoms with Gasteiger partial charge in [0, 0.05) is 32.1 Å². The van der Waals surface area contributed by atoms with Gasteiger partial charge in [-0.15, -0.1) is 0 Å². The minimum absolute atomic E-state index is 0.00960. The highest BCUT2D eigenvalue weighted by molar-refractivity contribution is 5.94. The van der Waals surface area contributed by atoms with E-state index in [0.29, 0.717) is 31.3 Å². The van der Waals surface area contributed by atoms with E-state index in [1.165, 1.54) is 0 Å². The summed E-state index contributed by atoms with van der Waals surface area (Å²) >= 11 is 0. The molecule has 1 N–H and O–H groups in total. The van der Waals surface area contributed by atoms with Crippen molar-refractivity contribution in [1.82, 2.24) is 5.32 Å². The Hall–Kier alpha value is -1.84. The van der Waals surface area contributed by atoms with Crippen LogP contribution < -0.4 is 10.2 Å². The molecule has 0 unspecified atom stereocenters. The predicted molar refractivity (Wildman–Crippen MR) is 95.8 cm³/mol. The second-order valence-corrected chi connectivity index (χ2v) is 6.79. The molecule has 0 aromatic heterocycles. The summed E-state index contributed by atoms with van der Waals surface area (Å²) in [4.78, 5) is 25.8. The highest BCUT2D eigenvalue weighted by Gasteiger charge is 2.20. The molecule has 0 atom stereocenters. The van der Waals surface area contributed by atoms with Crippen molar-refractivity contribution in [1.29, 1.82) is 0 Å². The number of rotatable bonds is 7. The molecule has 0 aliphatic heterocycles. The Bertz CT molecular complexity index is 550. The van der Waals surface area contributed by atoms with Crippen LogP contribution in [0.1, 0.15) is 58.1 Å². The van der Waals surface area contributed by atoms with E-state index in [-0.39, 0.29) is 11.8 Å². The normalized spacial score (nSPS) is 11.0. The second kappa shape index (κ2) is 8.70. The average molecular weight is 318 g/mol. The fraction of sp³-hybridized carbons (Fsp3) is 0.579. The Morgan fingerprint density at radius 1 is 1.17 bits per heavy atom. The molecule has 0 bridgehead atoms. The van der Waals surface area contributed by atoms with Gasteiger partial charge in [-0.25, -0.2) is 0 Å². The molecule has 0 aliphatic carbocycles. The summed E-state index contributed by atoms with van der Waals surface area (Å²) in [5.41, 5.74) is 3.16.